The lowest BCUT2D eigenvalue weighted by molar-refractivity contribution is -0.126. The zero-order valence-corrected chi connectivity index (χ0v) is 10.5. The Morgan fingerprint density at radius 2 is 2.07 bits per heavy atom. The summed E-state index contributed by atoms with van der Waals surface area (Å²) in [4.78, 5) is 11.9. The maximum absolute atomic E-state index is 11.9. The van der Waals surface area contributed by atoms with Crippen LogP contribution >= 0.6 is 11.8 Å². The molecule has 0 saturated carbocycles. The van der Waals surface area contributed by atoms with Gasteiger partial charge in [0, 0.05) is 12.6 Å². The van der Waals surface area contributed by atoms with Gasteiger partial charge in [0.2, 0.25) is 5.91 Å². The van der Waals surface area contributed by atoms with E-state index >= 15 is 0 Å². The fraction of sp³-hybridized carbons (Fsp3) is 0.909. The highest BCUT2D eigenvalue weighted by Crippen LogP contribution is 2.18. The molecule has 1 atom stereocenters. The Balaban J connectivity index is 2.38. The zero-order valence-electron chi connectivity index (χ0n) is 9.66. The smallest absolute Gasteiger partial charge is 0.224 e. The summed E-state index contributed by atoms with van der Waals surface area (Å²) in [6.45, 7) is 4.55. The number of carbonyl (C=O) groups excluding carboxylic acids is 1. The SMILES string of the molecule is CC(C)C(CN)C(=O)NC1CCSCC1. The molecule has 1 fully saturated rings. The maximum atomic E-state index is 11.9. The third kappa shape index (κ3) is 4.03. The predicted octanol–water partition coefficient (Wildman–Crippen LogP) is 1.23. The van der Waals surface area contributed by atoms with Gasteiger partial charge in [0.05, 0.1) is 5.92 Å². The van der Waals surface area contributed by atoms with Gasteiger partial charge in [-0.05, 0) is 30.3 Å². The summed E-state index contributed by atoms with van der Waals surface area (Å²) in [5.74, 6) is 2.77. The van der Waals surface area contributed by atoms with E-state index < -0.39 is 0 Å². The van der Waals surface area contributed by atoms with E-state index in [4.69, 9.17) is 5.73 Å². The van der Waals surface area contributed by atoms with Gasteiger partial charge < -0.3 is 11.1 Å². The topological polar surface area (TPSA) is 55.1 Å². The number of hydrogen-bond donors (Lipinski definition) is 2. The number of thioether (sulfide) groups is 1. The van der Waals surface area contributed by atoms with Crippen molar-refractivity contribution < 1.29 is 4.79 Å². The number of nitrogens with one attached hydrogen (secondary N) is 1. The Labute approximate surface area is 96.6 Å². The summed E-state index contributed by atoms with van der Waals surface area (Å²) in [6.07, 6.45) is 2.21. The predicted molar refractivity (Wildman–Crippen MR) is 65.9 cm³/mol. The van der Waals surface area contributed by atoms with E-state index in [1.807, 2.05) is 25.6 Å². The average Bonchev–Trinajstić information content (AvgIpc) is 2.19. The number of nitrogens with two attached hydrogens (primary N) is 1. The van der Waals surface area contributed by atoms with E-state index in [-0.39, 0.29) is 11.8 Å². The Hall–Kier alpha value is -0.220. The van der Waals surface area contributed by atoms with Crippen LogP contribution in [0.4, 0.5) is 0 Å². The quantitative estimate of drug-likeness (QED) is 0.764. The fourth-order valence-corrected chi connectivity index (χ4v) is 2.94. The summed E-state index contributed by atoms with van der Waals surface area (Å²) in [7, 11) is 0. The normalized spacial score (nSPS) is 20.3. The molecule has 1 unspecified atom stereocenters. The second kappa shape index (κ2) is 6.38. The van der Waals surface area contributed by atoms with Crippen molar-refractivity contribution in [1.82, 2.24) is 5.32 Å². The third-order valence-corrected chi connectivity index (χ3v) is 4.01. The summed E-state index contributed by atoms with van der Waals surface area (Å²) < 4.78 is 0. The summed E-state index contributed by atoms with van der Waals surface area (Å²) in [6, 6.07) is 0.381. The molecule has 1 heterocycles. The van der Waals surface area contributed by atoms with Crippen molar-refractivity contribution >= 4 is 17.7 Å². The molecule has 3 nitrogen and oxygen atoms in total. The van der Waals surface area contributed by atoms with Crippen molar-refractivity contribution in [2.24, 2.45) is 17.6 Å². The van der Waals surface area contributed by atoms with Crippen LogP contribution in [-0.4, -0.2) is 30.0 Å². The first-order valence-corrected chi connectivity index (χ1v) is 6.88. The van der Waals surface area contributed by atoms with Gasteiger partial charge >= 0.3 is 0 Å². The van der Waals surface area contributed by atoms with Crippen LogP contribution in [0, 0.1) is 11.8 Å². The third-order valence-electron chi connectivity index (χ3n) is 2.96. The number of carbonyl (C=O) groups is 1. The highest BCUT2D eigenvalue weighted by atomic mass is 32.2. The van der Waals surface area contributed by atoms with E-state index in [0.29, 0.717) is 18.5 Å². The van der Waals surface area contributed by atoms with Crippen molar-refractivity contribution in [2.45, 2.75) is 32.7 Å². The molecule has 0 aromatic heterocycles. The van der Waals surface area contributed by atoms with E-state index in [9.17, 15) is 4.79 Å². The highest BCUT2D eigenvalue weighted by molar-refractivity contribution is 7.99. The van der Waals surface area contributed by atoms with Crippen molar-refractivity contribution in [3.8, 4) is 0 Å². The van der Waals surface area contributed by atoms with Gasteiger partial charge in [0.1, 0.15) is 0 Å². The molecular formula is C11H22N2OS. The first kappa shape index (κ1) is 12.8. The fourth-order valence-electron chi connectivity index (χ4n) is 1.83. The van der Waals surface area contributed by atoms with Crippen LogP contribution in [-0.2, 0) is 4.79 Å². The standard InChI is InChI=1S/C11H22N2OS/c1-8(2)10(7-12)11(14)13-9-3-5-15-6-4-9/h8-10H,3-7,12H2,1-2H3,(H,13,14). The molecule has 0 radical (unpaired) electrons. The first-order valence-electron chi connectivity index (χ1n) is 5.73. The van der Waals surface area contributed by atoms with Gasteiger partial charge in [-0.25, -0.2) is 0 Å². The van der Waals surface area contributed by atoms with E-state index in [1.54, 1.807) is 0 Å². The Bertz CT molecular complexity index is 203. The number of hydrogen-bond acceptors (Lipinski definition) is 3. The number of rotatable bonds is 4. The van der Waals surface area contributed by atoms with Crippen LogP contribution in [0.25, 0.3) is 0 Å². The molecule has 3 N–H and O–H groups in total. The van der Waals surface area contributed by atoms with Gasteiger partial charge in [0.25, 0.3) is 0 Å². The summed E-state index contributed by atoms with van der Waals surface area (Å²) in [5, 5.41) is 3.12. The van der Waals surface area contributed by atoms with Crippen LogP contribution in [0.1, 0.15) is 26.7 Å². The van der Waals surface area contributed by atoms with Crippen LogP contribution in [0.2, 0.25) is 0 Å². The molecular weight excluding hydrogens is 208 g/mol. The summed E-state index contributed by atoms with van der Waals surface area (Å²) in [5.41, 5.74) is 5.61. The lowest BCUT2D eigenvalue weighted by Crippen LogP contribution is -2.44. The molecule has 0 bridgehead atoms. The molecule has 0 aliphatic carbocycles. The Kier molecular flexibility index (Phi) is 5.47. The largest absolute Gasteiger partial charge is 0.353 e. The average molecular weight is 230 g/mol. The molecule has 0 spiro atoms. The Morgan fingerprint density at radius 3 is 2.53 bits per heavy atom. The van der Waals surface area contributed by atoms with E-state index in [0.717, 1.165) is 12.8 Å². The van der Waals surface area contributed by atoms with Crippen LogP contribution in [0.5, 0.6) is 0 Å². The maximum Gasteiger partial charge on any atom is 0.224 e. The van der Waals surface area contributed by atoms with Crippen LogP contribution in [0.15, 0.2) is 0 Å². The minimum absolute atomic E-state index is 0.0282. The lowest BCUT2D eigenvalue weighted by atomic mass is 9.94. The van der Waals surface area contributed by atoms with Gasteiger partial charge in [0.15, 0.2) is 0 Å². The molecule has 88 valence electrons. The van der Waals surface area contributed by atoms with Crippen molar-refractivity contribution in [3.63, 3.8) is 0 Å². The molecule has 0 aromatic rings. The zero-order chi connectivity index (χ0) is 11.3. The molecule has 1 aliphatic rings. The Morgan fingerprint density at radius 1 is 1.47 bits per heavy atom. The minimum Gasteiger partial charge on any atom is -0.353 e. The molecule has 1 rings (SSSR count). The lowest BCUT2D eigenvalue weighted by Gasteiger charge is -2.26. The molecule has 1 amide bonds. The monoisotopic (exact) mass is 230 g/mol. The second-order valence-corrected chi connectivity index (χ2v) is 5.71. The number of amides is 1. The van der Waals surface area contributed by atoms with Crippen LogP contribution in [0.3, 0.4) is 0 Å². The van der Waals surface area contributed by atoms with E-state index in [2.05, 4.69) is 5.32 Å². The van der Waals surface area contributed by atoms with Gasteiger partial charge in [-0.2, -0.15) is 11.8 Å². The molecule has 1 aliphatic heterocycles. The molecule has 15 heavy (non-hydrogen) atoms. The van der Waals surface area contributed by atoms with Gasteiger partial charge in [-0.1, -0.05) is 13.8 Å². The summed E-state index contributed by atoms with van der Waals surface area (Å²) >= 11 is 1.97. The molecule has 1 saturated heterocycles. The van der Waals surface area contributed by atoms with Crippen molar-refractivity contribution in [3.05, 3.63) is 0 Å². The molecule has 0 aromatic carbocycles. The highest BCUT2D eigenvalue weighted by Gasteiger charge is 2.23. The van der Waals surface area contributed by atoms with Crippen molar-refractivity contribution in [1.29, 1.82) is 0 Å². The van der Waals surface area contributed by atoms with Crippen LogP contribution < -0.4 is 11.1 Å². The second-order valence-electron chi connectivity index (χ2n) is 4.48. The van der Waals surface area contributed by atoms with Gasteiger partial charge in [-0.15, -0.1) is 0 Å². The van der Waals surface area contributed by atoms with Gasteiger partial charge in [-0.3, -0.25) is 4.79 Å². The van der Waals surface area contributed by atoms with E-state index in [1.165, 1.54) is 11.5 Å². The molecule has 4 heteroatoms. The first-order chi connectivity index (χ1) is 7.15. The minimum atomic E-state index is -0.0282. The van der Waals surface area contributed by atoms with Crippen molar-refractivity contribution in [2.75, 3.05) is 18.1 Å².